The highest BCUT2D eigenvalue weighted by Gasteiger charge is 2.12. The second kappa shape index (κ2) is 6.28. The predicted octanol–water partition coefficient (Wildman–Crippen LogP) is 4.12. The molecule has 92 valence electrons. The lowest BCUT2D eigenvalue weighted by atomic mass is 10.1. The van der Waals surface area contributed by atoms with Crippen molar-refractivity contribution in [3.05, 3.63) is 35.4 Å². The molecule has 0 saturated heterocycles. The molecular formula is C14H17IO2. The van der Waals surface area contributed by atoms with Gasteiger partial charge in [-0.2, -0.15) is 0 Å². The molecule has 2 nitrogen and oxygen atoms in total. The zero-order valence-electron chi connectivity index (χ0n) is 10.0. The number of ether oxygens (including phenoxy) is 2. The third kappa shape index (κ3) is 3.63. The molecule has 0 saturated carbocycles. The molecule has 0 spiro atoms. The van der Waals surface area contributed by atoms with Crippen LogP contribution >= 0.6 is 22.6 Å². The van der Waals surface area contributed by atoms with E-state index in [4.69, 9.17) is 9.47 Å². The number of aryl methyl sites for hydroxylation is 1. The van der Waals surface area contributed by atoms with Gasteiger partial charge in [-0.1, -0.05) is 40.3 Å². The lowest BCUT2D eigenvalue weighted by molar-refractivity contribution is 0.174. The molecule has 0 N–H and O–H groups in total. The monoisotopic (exact) mass is 344 g/mol. The molecule has 0 atom stereocenters. The maximum Gasteiger partial charge on any atom is 0.231 e. The van der Waals surface area contributed by atoms with E-state index in [2.05, 4.69) is 47.7 Å². The van der Waals surface area contributed by atoms with Crippen LogP contribution in [0, 0.1) is 0 Å². The minimum Gasteiger partial charge on any atom is -0.454 e. The summed E-state index contributed by atoms with van der Waals surface area (Å²) in [7, 11) is 0. The van der Waals surface area contributed by atoms with Crippen molar-refractivity contribution in [2.75, 3.05) is 11.2 Å². The summed E-state index contributed by atoms with van der Waals surface area (Å²) in [6.07, 6.45) is 5.70. The molecule has 3 heteroatoms. The minimum absolute atomic E-state index is 0.355. The first-order chi connectivity index (χ1) is 8.29. The third-order valence-electron chi connectivity index (χ3n) is 2.85. The van der Waals surface area contributed by atoms with Gasteiger partial charge in [0.1, 0.15) is 0 Å². The van der Waals surface area contributed by atoms with E-state index in [0.29, 0.717) is 6.79 Å². The van der Waals surface area contributed by atoms with Crippen molar-refractivity contribution in [1.82, 2.24) is 0 Å². The highest BCUT2D eigenvalue weighted by atomic mass is 127. The van der Waals surface area contributed by atoms with Gasteiger partial charge in [-0.3, -0.25) is 0 Å². The molecule has 1 heterocycles. The second-order valence-electron chi connectivity index (χ2n) is 4.22. The summed E-state index contributed by atoms with van der Waals surface area (Å²) in [6.45, 7) is 2.56. The molecule has 17 heavy (non-hydrogen) atoms. The Hall–Kier alpha value is -0.710. The summed E-state index contributed by atoms with van der Waals surface area (Å²) in [5.74, 6) is 1.75. The topological polar surface area (TPSA) is 18.5 Å². The Balaban J connectivity index is 1.89. The lowest BCUT2D eigenvalue weighted by Gasteiger charge is -2.02. The maximum atomic E-state index is 5.37. The van der Waals surface area contributed by atoms with E-state index in [9.17, 15) is 0 Å². The van der Waals surface area contributed by atoms with Gasteiger partial charge in [0.15, 0.2) is 11.5 Å². The molecule has 1 aromatic rings. The van der Waals surface area contributed by atoms with Crippen molar-refractivity contribution in [2.45, 2.75) is 26.2 Å². The van der Waals surface area contributed by atoms with Gasteiger partial charge in [-0.05, 0) is 43.9 Å². The number of hydrogen-bond donors (Lipinski definition) is 0. The Morgan fingerprint density at radius 3 is 3.00 bits per heavy atom. The molecule has 0 aliphatic carbocycles. The van der Waals surface area contributed by atoms with Gasteiger partial charge < -0.3 is 9.47 Å². The van der Waals surface area contributed by atoms with Crippen LogP contribution in [-0.2, 0) is 6.42 Å². The van der Waals surface area contributed by atoms with Crippen LogP contribution < -0.4 is 9.47 Å². The molecular weight excluding hydrogens is 327 g/mol. The second-order valence-corrected chi connectivity index (χ2v) is 5.29. The van der Waals surface area contributed by atoms with Gasteiger partial charge in [0.25, 0.3) is 0 Å². The Morgan fingerprint density at radius 1 is 1.35 bits per heavy atom. The Morgan fingerprint density at radius 2 is 2.18 bits per heavy atom. The molecule has 0 radical (unpaired) electrons. The van der Waals surface area contributed by atoms with E-state index in [1.54, 1.807) is 0 Å². The SMILES string of the molecule is CC(=CCCc1ccc2c(c1)OCO2)CCI. The van der Waals surface area contributed by atoms with Gasteiger partial charge >= 0.3 is 0 Å². The number of hydrogen-bond acceptors (Lipinski definition) is 2. The fourth-order valence-electron chi connectivity index (χ4n) is 1.83. The van der Waals surface area contributed by atoms with E-state index in [1.165, 1.54) is 22.0 Å². The number of fused-ring (bicyclic) bond motifs is 1. The summed E-state index contributed by atoms with van der Waals surface area (Å²) in [4.78, 5) is 0. The first-order valence-corrected chi connectivity index (χ1v) is 7.42. The van der Waals surface area contributed by atoms with E-state index in [-0.39, 0.29) is 0 Å². The lowest BCUT2D eigenvalue weighted by Crippen LogP contribution is -1.92. The van der Waals surface area contributed by atoms with E-state index < -0.39 is 0 Å². The summed E-state index contributed by atoms with van der Waals surface area (Å²) >= 11 is 2.41. The average molecular weight is 344 g/mol. The van der Waals surface area contributed by atoms with Gasteiger partial charge in [0, 0.05) is 4.43 Å². The Labute approximate surface area is 116 Å². The summed E-state index contributed by atoms with van der Waals surface area (Å²) in [6, 6.07) is 6.21. The van der Waals surface area contributed by atoms with Crippen molar-refractivity contribution in [2.24, 2.45) is 0 Å². The van der Waals surface area contributed by atoms with E-state index in [0.717, 1.165) is 24.3 Å². The Bertz CT molecular complexity index is 413. The first-order valence-electron chi connectivity index (χ1n) is 5.89. The van der Waals surface area contributed by atoms with E-state index in [1.807, 2.05) is 6.07 Å². The molecule has 0 amide bonds. The smallest absolute Gasteiger partial charge is 0.231 e. The average Bonchev–Trinajstić information content (AvgIpc) is 2.76. The number of benzene rings is 1. The quantitative estimate of drug-likeness (QED) is 0.455. The van der Waals surface area contributed by atoms with Crippen LogP contribution in [-0.4, -0.2) is 11.2 Å². The van der Waals surface area contributed by atoms with Gasteiger partial charge in [-0.15, -0.1) is 0 Å². The van der Waals surface area contributed by atoms with Crippen LogP contribution in [0.2, 0.25) is 0 Å². The number of halogens is 1. The maximum absolute atomic E-state index is 5.37. The van der Waals surface area contributed by atoms with Gasteiger partial charge in [0.2, 0.25) is 6.79 Å². The standard InChI is InChI=1S/C14H17IO2/c1-11(7-8-15)3-2-4-12-5-6-13-14(9-12)17-10-16-13/h3,5-6,9H,2,4,7-8,10H2,1H3. The first kappa shape index (κ1) is 12.7. The molecule has 1 aromatic carbocycles. The number of rotatable bonds is 5. The molecule has 0 unspecified atom stereocenters. The van der Waals surface area contributed by atoms with Gasteiger partial charge in [-0.25, -0.2) is 0 Å². The van der Waals surface area contributed by atoms with Crippen molar-refractivity contribution in [3.63, 3.8) is 0 Å². The predicted molar refractivity (Wildman–Crippen MR) is 78.1 cm³/mol. The molecule has 0 fully saturated rings. The normalized spacial score (nSPS) is 14.1. The highest BCUT2D eigenvalue weighted by molar-refractivity contribution is 14.1. The fourth-order valence-corrected chi connectivity index (χ4v) is 2.68. The van der Waals surface area contributed by atoms with Crippen molar-refractivity contribution >= 4 is 22.6 Å². The summed E-state index contributed by atoms with van der Waals surface area (Å²) in [5.41, 5.74) is 2.80. The summed E-state index contributed by atoms with van der Waals surface area (Å²) < 4.78 is 11.9. The fraction of sp³-hybridized carbons (Fsp3) is 0.429. The van der Waals surface area contributed by atoms with Crippen LogP contribution in [0.25, 0.3) is 0 Å². The molecule has 2 rings (SSSR count). The van der Waals surface area contributed by atoms with Gasteiger partial charge in [0.05, 0.1) is 0 Å². The minimum atomic E-state index is 0.355. The number of allylic oxidation sites excluding steroid dienone is 2. The zero-order valence-corrected chi connectivity index (χ0v) is 12.2. The van der Waals surface area contributed by atoms with Crippen molar-refractivity contribution in [3.8, 4) is 11.5 Å². The zero-order chi connectivity index (χ0) is 12.1. The molecule has 1 aliphatic heterocycles. The highest BCUT2D eigenvalue weighted by Crippen LogP contribution is 2.32. The van der Waals surface area contributed by atoms with Crippen LogP contribution in [0.3, 0.4) is 0 Å². The van der Waals surface area contributed by atoms with Crippen LogP contribution in [0.1, 0.15) is 25.3 Å². The third-order valence-corrected chi connectivity index (χ3v) is 3.39. The summed E-state index contributed by atoms with van der Waals surface area (Å²) in [5, 5.41) is 0. The van der Waals surface area contributed by atoms with Crippen molar-refractivity contribution < 1.29 is 9.47 Å². The molecule has 0 aromatic heterocycles. The Kier molecular flexibility index (Phi) is 4.71. The molecule has 1 aliphatic rings. The van der Waals surface area contributed by atoms with E-state index >= 15 is 0 Å². The van der Waals surface area contributed by atoms with Crippen LogP contribution in [0.4, 0.5) is 0 Å². The molecule has 0 bridgehead atoms. The van der Waals surface area contributed by atoms with Crippen molar-refractivity contribution in [1.29, 1.82) is 0 Å². The largest absolute Gasteiger partial charge is 0.454 e. The van der Waals surface area contributed by atoms with Crippen LogP contribution in [0.5, 0.6) is 11.5 Å². The number of alkyl halides is 1. The van der Waals surface area contributed by atoms with Crippen LogP contribution in [0.15, 0.2) is 29.8 Å².